The highest BCUT2D eigenvalue weighted by molar-refractivity contribution is 5.94. The normalized spacial score (nSPS) is 13.8. The Balaban J connectivity index is 1.79. The lowest BCUT2D eigenvalue weighted by molar-refractivity contribution is 0.356. The van der Waals surface area contributed by atoms with Crippen LogP contribution < -0.4 is 14.4 Å². The lowest BCUT2D eigenvalue weighted by atomic mass is 10.1. The van der Waals surface area contributed by atoms with Crippen molar-refractivity contribution >= 4 is 16.6 Å². The maximum atomic E-state index is 5.47. The molecule has 0 N–H and O–H groups in total. The van der Waals surface area contributed by atoms with Crippen LogP contribution in [0.25, 0.3) is 10.8 Å². The first-order valence-electron chi connectivity index (χ1n) is 8.40. The summed E-state index contributed by atoms with van der Waals surface area (Å²) < 4.78 is 13.2. The molecule has 0 fully saturated rings. The van der Waals surface area contributed by atoms with Crippen molar-refractivity contribution in [1.82, 2.24) is 14.5 Å². The van der Waals surface area contributed by atoms with E-state index in [0.717, 1.165) is 59.2 Å². The van der Waals surface area contributed by atoms with E-state index < -0.39 is 0 Å². The molecule has 0 radical (unpaired) electrons. The van der Waals surface area contributed by atoms with Crippen LogP contribution >= 0.6 is 0 Å². The summed E-state index contributed by atoms with van der Waals surface area (Å²) in [5.74, 6) is 3.51. The van der Waals surface area contributed by atoms with Gasteiger partial charge in [-0.15, -0.1) is 0 Å². The van der Waals surface area contributed by atoms with E-state index in [1.165, 1.54) is 5.69 Å². The van der Waals surface area contributed by atoms with Gasteiger partial charge in [-0.2, -0.15) is 0 Å². The van der Waals surface area contributed by atoms with Crippen LogP contribution in [0.5, 0.6) is 11.5 Å². The zero-order valence-corrected chi connectivity index (χ0v) is 15.0. The van der Waals surface area contributed by atoms with Crippen molar-refractivity contribution in [1.29, 1.82) is 0 Å². The van der Waals surface area contributed by atoms with E-state index in [4.69, 9.17) is 14.5 Å². The van der Waals surface area contributed by atoms with Crippen LogP contribution in [0.3, 0.4) is 0 Å². The van der Waals surface area contributed by atoms with Gasteiger partial charge in [0.05, 0.1) is 26.5 Å². The second kappa shape index (κ2) is 5.95. The molecule has 6 nitrogen and oxygen atoms in total. The molecule has 4 rings (SSSR count). The van der Waals surface area contributed by atoms with E-state index in [1.807, 2.05) is 24.4 Å². The number of imidazole rings is 1. The first kappa shape index (κ1) is 15.7. The SMILES string of the molecule is COc1cc2ccnc(N3CCn4c(nc(C)c4C)C3)c2cc1OC. The van der Waals surface area contributed by atoms with Crippen LogP contribution in [-0.2, 0) is 13.1 Å². The molecule has 0 amide bonds. The minimum absolute atomic E-state index is 0.717. The van der Waals surface area contributed by atoms with Crippen LogP contribution in [0.1, 0.15) is 17.2 Å². The maximum Gasteiger partial charge on any atom is 0.161 e. The Morgan fingerprint density at radius 2 is 1.80 bits per heavy atom. The van der Waals surface area contributed by atoms with Gasteiger partial charge < -0.3 is 18.9 Å². The second-order valence-corrected chi connectivity index (χ2v) is 6.33. The summed E-state index contributed by atoms with van der Waals surface area (Å²) in [6.45, 7) is 6.79. The van der Waals surface area contributed by atoms with Crippen LogP contribution in [0.4, 0.5) is 5.82 Å². The number of aromatic nitrogens is 3. The third-order valence-electron chi connectivity index (χ3n) is 5.01. The summed E-state index contributed by atoms with van der Waals surface area (Å²) in [5, 5.41) is 2.15. The number of pyridine rings is 1. The largest absolute Gasteiger partial charge is 0.493 e. The Bertz CT molecular complexity index is 948. The third-order valence-corrected chi connectivity index (χ3v) is 5.01. The van der Waals surface area contributed by atoms with Crippen molar-refractivity contribution in [3.05, 3.63) is 41.6 Å². The molecule has 2 aromatic heterocycles. The van der Waals surface area contributed by atoms with Crippen molar-refractivity contribution in [2.24, 2.45) is 0 Å². The second-order valence-electron chi connectivity index (χ2n) is 6.33. The molecule has 6 heteroatoms. The van der Waals surface area contributed by atoms with Gasteiger partial charge in [-0.05, 0) is 37.4 Å². The van der Waals surface area contributed by atoms with Crippen molar-refractivity contribution in [3.8, 4) is 11.5 Å². The number of aryl methyl sites for hydroxylation is 1. The fourth-order valence-electron chi connectivity index (χ4n) is 3.53. The fourth-order valence-corrected chi connectivity index (χ4v) is 3.53. The molecule has 0 bridgehead atoms. The Morgan fingerprint density at radius 3 is 2.56 bits per heavy atom. The standard InChI is InChI=1S/C19H22N4O2/c1-12-13(2)23-8-7-22(11-18(23)21-12)19-15-10-17(25-4)16(24-3)9-14(15)5-6-20-19/h5-6,9-10H,7-8,11H2,1-4H3. The summed E-state index contributed by atoms with van der Waals surface area (Å²) in [7, 11) is 3.31. The molecule has 0 spiro atoms. The van der Waals surface area contributed by atoms with Crippen molar-refractivity contribution < 1.29 is 9.47 Å². The summed E-state index contributed by atoms with van der Waals surface area (Å²) in [6.07, 6.45) is 1.85. The molecule has 3 heterocycles. The van der Waals surface area contributed by atoms with E-state index >= 15 is 0 Å². The Morgan fingerprint density at radius 1 is 1.04 bits per heavy atom. The quantitative estimate of drug-likeness (QED) is 0.734. The molecule has 0 unspecified atom stereocenters. The number of nitrogens with zero attached hydrogens (tertiary/aromatic N) is 4. The van der Waals surface area contributed by atoms with Gasteiger partial charge in [0.1, 0.15) is 11.6 Å². The van der Waals surface area contributed by atoms with Crippen LogP contribution in [0.15, 0.2) is 24.4 Å². The van der Waals surface area contributed by atoms with E-state index in [0.29, 0.717) is 0 Å². The fraction of sp³-hybridized carbons (Fsp3) is 0.368. The predicted molar refractivity (Wildman–Crippen MR) is 97.6 cm³/mol. The molecule has 1 aromatic carbocycles. The lowest BCUT2D eigenvalue weighted by Gasteiger charge is -2.30. The first-order chi connectivity index (χ1) is 12.1. The molecule has 0 atom stereocenters. The minimum atomic E-state index is 0.717. The number of rotatable bonds is 3. The number of ether oxygens (including phenoxy) is 2. The molecule has 1 aliphatic heterocycles. The number of anilines is 1. The topological polar surface area (TPSA) is 52.4 Å². The van der Waals surface area contributed by atoms with Gasteiger partial charge in [-0.1, -0.05) is 0 Å². The summed E-state index contributed by atoms with van der Waals surface area (Å²) >= 11 is 0. The summed E-state index contributed by atoms with van der Waals surface area (Å²) in [4.78, 5) is 11.7. The van der Waals surface area contributed by atoms with Crippen LogP contribution in [-0.4, -0.2) is 35.3 Å². The molecule has 3 aromatic rings. The van der Waals surface area contributed by atoms with Gasteiger partial charge in [0, 0.05) is 30.4 Å². The minimum Gasteiger partial charge on any atom is -0.493 e. The first-order valence-corrected chi connectivity index (χ1v) is 8.40. The van der Waals surface area contributed by atoms with E-state index in [1.54, 1.807) is 14.2 Å². The van der Waals surface area contributed by atoms with Crippen molar-refractivity contribution in [3.63, 3.8) is 0 Å². The molecule has 130 valence electrons. The molecular formula is C19H22N4O2. The molecule has 0 saturated carbocycles. The number of fused-ring (bicyclic) bond motifs is 2. The Labute approximate surface area is 147 Å². The summed E-state index contributed by atoms with van der Waals surface area (Å²) in [5.41, 5.74) is 2.36. The highest BCUT2D eigenvalue weighted by Crippen LogP contribution is 2.36. The number of hydrogen-bond acceptors (Lipinski definition) is 5. The lowest BCUT2D eigenvalue weighted by Crippen LogP contribution is -2.34. The highest BCUT2D eigenvalue weighted by Gasteiger charge is 2.23. The molecule has 0 aliphatic carbocycles. The Hall–Kier alpha value is -2.76. The Kier molecular flexibility index (Phi) is 3.75. The van der Waals surface area contributed by atoms with Crippen LogP contribution in [0.2, 0.25) is 0 Å². The van der Waals surface area contributed by atoms with E-state index in [9.17, 15) is 0 Å². The van der Waals surface area contributed by atoms with E-state index in [2.05, 4.69) is 28.3 Å². The molecule has 1 aliphatic rings. The van der Waals surface area contributed by atoms with Gasteiger partial charge in [-0.25, -0.2) is 9.97 Å². The number of hydrogen-bond donors (Lipinski definition) is 0. The van der Waals surface area contributed by atoms with Crippen molar-refractivity contribution in [2.45, 2.75) is 26.9 Å². The van der Waals surface area contributed by atoms with Gasteiger partial charge in [0.2, 0.25) is 0 Å². The van der Waals surface area contributed by atoms with Gasteiger partial charge >= 0.3 is 0 Å². The van der Waals surface area contributed by atoms with Crippen molar-refractivity contribution in [2.75, 3.05) is 25.7 Å². The summed E-state index contributed by atoms with van der Waals surface area (Å²) in [6, 6.07) is 6.01. The van der Waals surface area contributed by atoms with Crippen LogP contribution in [0, 0.1) is 13.8 Å². The third kappa shape index (κ3) is 2.49. The zero-order valence-electron chi connectivity index (χ0n) is 15.0. The predicted octanol–water partition coefficient (Wildman–Crippen LogP) is 3.09. The van der Waals surface area contributed by atoms with E-state index in [-0.39, 0.29) is 0 Å². The average Bonchev–Trinajstić information content (AvgIpc) is 2.93. The van der Waals surface area contributed by atoms with Gasteiger partial charge in [-0.3, -0.25) is 0 Å². The van der Waals surface area contributed by atoms with Gasteiger partial charge in [0.25, 0.3) is 0 Å². The molecular weight excluding hydrogens is 316 g/mol. The zero-order chi connectivity index (χ0) is 17.6. The smallest absolute Gasteiger partial charge is 0.161 e. The number of benzene rings is 1. The average molecular weight is 338 g/mol. The monoisotopic (exact) mass is 338 g/mol. The molecule has 25 heavy (non-hydrogen) atoms. The van der Waals surface area contributed by atoms with Gasteiger partial charge in [0.15, 0.2) is 11.5 Å². The maximum absolute atomic E-state index is 5.47. The molecule has 0 saturated heterocycles. The number of methoxy groups -OCH3 is 2. The highest BCUT2D eigenvalue weighted by atomic mass is 16.5.